The molecule has 8 atom stereocenters. The zero-order valence-corrected chi connectivity index (χ0v) is 22.1. The Morgan fingerprint density at radius 1 is 1.03 bits per heavy atom. The second-order valence-electron chi connectivity index (χ2n) is 14.5. The van der Waals surface area contributed by atoms with Gasteiger partial charge in [0.1, 0.15) is 0 Å². The van der Waals surface area contributed by atoms with Gasteiger partial charge in [0.25, 0.3) is 0 Å². The van der Waals surface area contributed by atoms with Crippen LogP contribution >= 0.6 is 0 Å². The van der Waals surface area contributed by atoms with Gasteiger partial charge in [-0.15, -0.1) is 0 Å². The van der Waals surface area contributed by atoms with Crippen molar-refractivity contribution >= 4 is 0 Å². The van der Waals surface area contributed by atoms with Crippen LogP contribution in [0.25, 0.3) is 0 Å². The Balaban J connectivity index is 1.34. The predicted octanol–water partition coefficient (Wildman–Crippen LogP) is 5.08. The molecule has 5 nitrogen and oxygen atoms in total. The number of fused-ring (bicyclic) bond motifs is 4. The van der Waals surface area contributed by atoms with Gasteiger partial charge in [-0.1, -0.05) is 26.8 Å². The van der Waals surface area contributed by atoms with E-state index >= 15 is 0 Å². The number of aliphatic hydroxyl groups excluding tert-OH is 1. The summed E-state index contributed by atoms with van der Waals surface area (Å²) in [5.41, 5.74) is 2.16. The van der Waals surface area contributed by atoms with Gasteiger partial charge in [-0.25, -0.2) is 0 Å². The van der Waals surface area contributed by atoms with E-state index in [1.165, 1.54) is 11.1 Å². The standard InChI is InChI=1S/C31H41NO4/c1-27(2)17-35-31(36-18-27)11-10-29-13-20-12-19(15-32)4-5-21(20)23-14-28(3)24(6-7-25(28)33)22(26(23)29)8-9-30(29,34)16-31/h4-5,12,22-26,33-34H,6-11,13-14,16-18H2,1-3H3/t22-,23?,24-,25-,26?,28-,29-,30+/m0/s1. The van der Waals surface area contributed by atoms with Crippen LogP contribution in [0, 0.1) is 45.3 Å². The number of hydrogen-bond acceptors (Lipinski definition) is 5. The van der Waals surface area contributed by atoms with Crippen molar-refractivity contribution in [3.63, 3.8) is 0 Å². The lowest BCUT2D eigenvalue weighted by Gasteiger charge is -2.70. The second kappa shape index (κ2) is 7.35. The van der Waals surface area contributed by atoms with Crippen molar-refractivity contribution in [3.8, 4) is 6.07 Å². The normalized spacial score (nSPS) is 47.7. The molecule has 1 aromatic carbocycles. The zero-order chi connectivity index (χ0) is 25.1. The van der Waals surface area contributed by atoms with E-state index in [4.69, 9.17) is 9.47 Å². The van der Waals surface area contributed by atoms with Crippen molar-refractivity contribution in [1.29, 1.82) is 5.26 Å². The zero-order valence-electron chi connectivity index (χ0n) is 22.1. The van der Waals surface area contributed by atoms with Crippen molar-refractivity contribution in [2.45, 2.75) is 102 Å². The predicted molar refractivity (Wildman–Crippen MR) is 135 cm³/mol. The number of aliphatic hydroxyl groups is 2. The molecule has 36 heavy (non-hydrogen) atoms. The quantitative estimate of drug-likeness (QED) is 0.529. The van der Waals surface area contributed by atoms with E-state index in [1.54, 1.807) is 0 Å². The van der Waals surface area contributed by atoms with Gasteiger partial charge >= 0.3 is 0 Å². The number of nitrogens with zero attached hydrogens (tertiary/aromatic N) is 1. The summed E-state index contributed by atoms with van der Waals surface area (Å²) in [6, 6.07) is 8.60. The molecular weight excluding hydrogens is 450 g/mol. The van der Waals surface area contributed by atoms with Crippen LogP contribution < -0.4 is 0 Å². The molecule has 2 N–H and O–H groups in total. The number of hydrogen-bond donors (Lipinski definition) is 2. The molecule has 4 saturated carbocycles. The van der Waals surface area contributed by atoms with E-state index < -0.39 is 11.4 Å². The molecule has 0 radical (unpaired) electrons. The van der Waals surface area contributed by atoms with Crippen LogP contribution in [0.1, 0.15) is 94.7 Å². The maximum absolute atomic E-state index is 12.7. The van der Waals surface area contributed by atoms with Gasteiger partial charge in [0.2, 0.25) is 0 Å². The van der Waals surface area contributed by atoms with Crippen LogP contribution in [0.2, 0.25) is 0 Å². The highest BCUT2D eigenvalue weighted by atomic mass is 16.7. The van der Waals surface area contributed by atoms with Gasteiger partial charge in [-0.05, 0) is 97.3 Å². The lowest BCUT2D eigenvalue weighted by atomic mass is 9.37. The Labute approximate surface area is 215 Å². The van der Waals surface area contributed by atoms with Crippen LogP contribution in [0.4, 0.5) is 0 Å². The minimum atomic E-state index is -0.850. The van der Waals surface area contributed by atoms with E-state index in [-0.39, 0.29) is 22.3 Å². The average molecular weight is 492 g/mol. The summed E-state index contributed by atoms with van der Waals surface area (Å²) < 4.78 is 12.9. The van der Waals surface area contributed by atoms with E-state index in [0.29, 0.717) is 48.9 Å². The molecule has 6 aliphatic rings. The summed E-state index contributed by atoms with van der Waals surface area (Å²) >= 11 is 0. The monoisotopic (exact) mass is 491 g/mol. The largest absolute Gasteiger partial charge is 0.393 e. The van der Waals surface area contributed by atoms with Crippen molar-refractivity contribution in [1.82, 2.24) is 0 Å². The fourth-order valence-corrected chi connectivity index (χ4v) is 10.3. The van der Waals surface area contributed by atoms with Crippen molar-refractivity contribution in [3.05, 3.63) is 34.9 Å². The van der Waals surface area contributed by atoms with Crippen LogP contribution in [0.5, 0.6) is 0 Å². The summed E-state index contributed by atoms with van der Waals surface area (Å²) in [6.45, 7) is 8.01. The topological polar surface area (TPSA) is 82.7 Å². The smallest absolute Gasteiger partial charge is 0.171 e. The molecule has 0 amide bonds. The van der Waals surface area contributed by atoms with E-state index in [9.17, 15) is 15.5 Å². The summed E-state index contributed by atoms with van der Waals surface area (Å²) in [4.78, 5) is 0. The van der Waals surface area contributed by atoms with Gasteiger partial charge in [0.15, 0.2) is 5.79 Å². The van der Waals surface area contributed by atoms with Crippen LogP contribution in [-0.2, 0) is 15.9 Å². The fourth-order valence-electron chi connectivity index (χ4n) is 10.3. The van der Waals surface area contributed by atoms with Crippen LogP contribution in [0.15, 0.2) is 18.2 Å². The molecule has 1 heterocycles. The Morgan fingerprint density at radius 3 is 2.56 bits per heavy atom. The second-order valence-corrected chi connectivity index (χ2v) is 14.5. The first-order valence-electron chi connectivity index (χ1n) is 14.3. The van der Waals surface area contributed by atoms with E-state index in [0.717, 1.165) is 51.4 Å². The highest BCUT2D eigenvalue weighted by molar-refractivity contribution is 5.45. The first kappa shape index (κ1) is 23.7. The summed E-state index contributed by atoms with van der Waals surface area (Å²) in [5.74, 6) is 1.08. The number of ether oxygens (including phenoxy) is 2. The number of nitriles is 1. The van der Waals surface area contributed by atoms with Gasteiger partial charge in [0.05, 0.1) is 36.6 Å². The SMILES string of the molecule is CC1(C)COC2(CC[C@@]34Cc5cc(C#N)ccc5C5C[C@]6(C)[C@@H](O)CC[C@H]6[C@H](CC[C@@]3(O)C2)C54)OC1. The summed E-state index contributed by atoms with van der Waals surface area (Å²) in [7, 11) is 0. The van der Waals surface area contributed by atoms with Gasteiger partial charge in [-0.2, -0.15) is 5.26 Å². The molecule has 5 aliphatic carbocycles. The highest BCUT2D eigenvalue weighted by Gasteiger charge is 2.72. The third-order valence-corrected chi connectivity index (χ3v) is 12.0. The molecule has 194 valence electrons. The molecule has 5 fully saturated rings. The Morgan fingerprint density at radius 2 is 1.81 bits per heavy atom. The van der Waals surface area contributed by atoms with Crippen molar-refractivity contribution < 1.29 is 19.7 Å². The highest BCUT2D eigenvalue weighted by Crippen LogP contribution is 2.74. The summed E-state index contributed by atoms with van der Waals surface area (Å²) in [5, 5.41) is 33.6. The first-order chi connectivity index (χ1) is 17.0. The van der Waals surface area contributed by atoms with Crippen LogP contribution in [0.3, 0.4) is 0 Å². The van der Waals surface area contributed by atoms with Gasteiger partial charge < -0.3 is 19.7 Å². The molecule has 0 aromatic heterocycles. The minimum Gasteiger partial charge on any atom is -0.393 e. The lowest BCUT2D eigenvalue weighted by Crippen LogP contribution is -2.70. The molecule has 1 aliphatic heterocycles. The summed E-state index contributed by atoms with van der Waals surface area (Å²) in [6.07, 6.45) is 7.61. The van der Waals surface area contributed by atoms with E-state index in [1.807, 2.05) is 6.07 Å². The lowest BCUT2D eigenvalue weighted by molar-refractivity contribution is -0.357. The maximum atomic E-state index is 12.7. The molecular formula is C31H41NO4. The average Bonchev–Trinajstić information content (AvgIpc) is 3.15. The fraction of sp³-hybridized carbons (Fsp3) is 0.774. The Kier molecular flexibility index (Phi) is 4.83. The molecule has 7 rings (SSSR count). The van der Waals surface area contributed by atoms with Crippen LogP contribution in [-0.4, -0.2) is 40.9 Å². The Hall–Kier alpha value is -1.45. The molecule has 2 unspecified atom stereocenters. The maximum Gasteiger partial charge on any atom is 0.171 e. The molecule has 1 saturated heterocycles. The third kappa shape index (κ3) is 2.96. The van der Waals surface area contributed by atoms with E-state index in [2.05, 4.69) is 39.0 Å². The Bertz CT molecular complexity index is 1130. The molecule has 5 heteroatoms. The van der Waals surface area contributed by atoms with Crippen molar-refractivity contribution in [2.24, 2.45) is 34.0 Å². The third-order valence-electron chi connectivity index (χ3n) is 12.0. The molecule has 0 bridgehead atoms. The first-order valence-corrected chi connectivity index (χ1v) is 14.3. The molecule has 2 spiro atoms. The van der Waals surface area contributed by atoms with Gasteiger partial charge in [0, 0.05) is 23.7 Å². The minimum absolute atomic E-state index is 0.000365. The molecule has 1 aromatic rings. The van der Waals surface area contributed by atoms with Gasteiger partial charge in [-0.3, -0.25) is 0 Å². The number of benzene rings is 1. The van der Waals surface area contributed by atoms with Crippen molar-refractivity contribution in [2.75, 3.05) is 13.2 Å². The number of rotatable bonds is 0.